The van der Waals surface area contributed by atoms with Crippen LogP contribution in [0.15, 0.2) is 18.6 Å². The van der Waals surface area contributed by atoms with Crippen molar-refractivity contribution < 1.29 is 4.74 Å². The zero-order valence-corrected chi connectivity index (χ0v) is 8.61. The van der Waals surface area contributed by atoms with Crippen molar-refractivity contribution in [3.8, 4) is 18.2 Å². The SMILES string of the molecule is C#Cc1c(OC)ncc2cncc(C)c12. The molecule has 0 bridgehead atoms. The maximum absolute atomic E-state index is 5.47. The first kappa shape index (κ1) is 9.47. The summed E-state index contributed by atoms with van der Waals surface area (Å²) in [5.74, 6) is 3.10. The van der Waals surface area contributed by atoms with Gasteiger partial charge in [0.2, 0.25) is 5.88 Å². The average molecular weight is 198 g/mol. The van der Waals surface area contributed by atoms with E-state index in [2.05, 4.69) is 15.9 Å². The number of rotatable bonds is 1. The van der Waals surface area contributed by atoms with Crippen LogP contribution in [-0.4, -0.2) is 17.1 Å². The molecule has 0 aliphatic carbocycles. The number of aromatic nitrogens is 2. The highest BCUT2D eigenvalue weighted by Gasteiger charge is 2.09. The van der Waals surface area contributed by atoms with Crippen molar-refractivity contribution in [1.29, 1.82) is 0 Å². The van der Waals surface area contributed by atoms with Gasteiger partial charge >= 0.3 is 0 Å². The molecular weight excluding hydrogens is 188 g/mol. The number of hydrogen-bond acceptors (Lipinski definition) is 3. The van der Waals surface area contributed by atoms with Gasteiger partial charge in [0.05, 0.1) is 12.7 Å². The van der Waals surface area contributed by atoms with Crippen LogP contribution in [0.25, 0.3) is 10.8 Å². The maximum Gasteiger partial charge on any atom is 0.229 e. The first-order chi connectivity index (χ1) is 7.27. The second-order valence-electron chi connectivity index (χ2n) is 3.21. The monoisotopic (exact) mass is 198 g/mol. The zero-order chi connectivity index (χ0) is 10.8. The Morgan fingerprint density at radius 2 is 2.13 bits per heavy atom. The third kappa shape index (κ3) is 1.40. The molecular formula is C12H10N2O. The van der Waals surface area contributed by atoms with E-state index in [4.69, 9.17) is 11.2 Å². The highest BCUT2D eigenvalue weighted by Crippen LogP contribution is 2.26. The normalized spacial score (nSPS) is 9.93. The summed E-state index contributed by atoms with van der Waals surface area (Å²) in [5, 5.41) is 1.92. The number of terminal acetylenes is 1. The molecule has 0 aromatic carbocycles. The topological polar surface area (TPSA) is 35.0 Å². The van der Waals surface area contributed by atoms with E-state index in [1.165, 1.54) is 0 Å². The van der Waals surface area contributed by atoms with Crippen molar-refractivity contribution in [2.45, 2.75) is 6.92 Å². The highest BCUT2D eigenvalue weighted by molar-refractivity contribution is 5.90. The first-order valence-electron chi connectivity index (χ1n) is 4.52. The number of methoxy groups -OCH3 is 1. The quantitative estimate of drug-likeness (QED) is 0.657. The lowest BCUT2D eigenvalue weighted by Crippen LogP contribution is -1.95. The van der Waals surface area contributed by atoms with Gasteiger partial charge in [0, 0.05) is 29.4 Å². The van der Waals surface area contributed by atoms with Crippen LogP contribution in [0.3, 0.4) is 0 Å². The van der Waals surface area contributed by atoms with Gasteiger partial charge in [0.15, 0.2) is 0 Å². The molecule has 0 unspecified atom stereocenters. The van der Waals surface area contributed by atoms with Gasteiger partial charge in [-0.2, -0.15) is 0 Å². The summed E-state index contributed by atoms with van der Waals surface area (Å²) in [7, 11) is 1.56. The minimum atomic E-state index is 0.485. The van der Waals surface area contributed by atoms with E-state index in [-0.39, 0.29) is 0 Å². The van der Waals surface area contributed by atoms with Crippen LogP contribution >= 0.6 is 0 Å². The van der Waals surface area contributed by atoms with Gasteiger partial charge in [-0.25, -0.2) is 4.98 Å². The molecule has 0 amide bonds. The molecule has 0 fully saturated rings. The Kier molecular flexibility index (Phi) is 2.26. The van der Waals surface area contributed by atoms with Crippen LogP contribution in [0.4, 0.5) is 0 Å². The largest absolute Gasteiger partial charge is 0.480 e. The number of ether oxygens (including phenoxy) is 1. The van der Waals surface area contributed by atoms with Crippen LogP contribution in [0, 0.1) is 19.3 Å². The molecule has 74 valence electrons. The summed E-state index contributed by atoms with van der Waals surface area (Å²) < 4.78 is 5.13. The Balaban J connectivity index is 2.93. The molecule has 0 atom stereocenters. The van der Waals surface area contributed by atoms with Crippen LogP contribution in [0.2, 0.25) is 0 Å². The van der Waals surface area contributed by atoms with E-state index >= 15 is 0 Å². The summed E-state index contributed by atoms with van der Waals surface area (Å²) in [6.45, 7) is 1.97. The van der Waals surface area contributed by atoms with Crippen LogP contribution in [0.5, 0.6) is 5.88 Å². The lowest BCUT2D eigenvalue weighted by atomic mass is 10.1. The highest BCUT2D eigenvalue weighted by atomic mass is 16.5. The standard InChI is InChI=1S/C12H10N2O/c1-4-10-11-8(2)5-13-6-9(11)7-14-12(10)15-3/h1,5-7H,2-3H3. The summed E-state index contributed by atoms with van der Waals surface area (Å²) in [5.41, 5.74) is 1.72. The van der Waals surface area contributed by atoms with Crippen molar-refractivity contribution in [1.82, 2.24) is 9.97 Å². The third-order valence-electron chi connectivity index (χ3n) is 2.29. The van der Waals surface area contributed by atoms with E-state index in [1.54, 1.807) is 25.7 Å². The molecule has 2 aromatic rings. The molecule has 0 aliphatic heterocycles. The van der Waals surface area contributed by atoms with E-state index in [9.17, 15) is 0 Å². The molecule has 3 nitrogen and oxygen atoms in total. The predicted molar refractivity (Wildman–Crippen MR) is 58.8 cm³/mol. The minimum absolute atomic E-state index is 0.485. The van der Waals surface area contributed by atoms with Crippen molar-refractivity contribution in [2.24, 2.45) is 0 Å². The molecule has 0 saturated heterocycles. The molecule has 2 heterocycles. The van der Waals surface area contributed by atoms with E-state index < -0.39 is 0 Å². The number of aryl methyl sites for hydroxylation is 1. The van der Waals surface area contributed by atoms with E-state index in [0.717, 1.165) is 16.3 Å². The fourth-order valence-electron chi connectivity index (χ4n) is 1.61. The lowest BCUT2D eigenvalue weighted by molar-refractivity contribution is 0.397. The smallest absolute Gasteiger partial charge is 0.229 e. The van der Waals surface area contributed by atoms with Crippen LogP contribution in [0.1, 0.15) is 11.1 Å². The molecule has 3 heteroatoms. The fourth-order valence-corrected chi connectivity index (χ4v) is 1.61. The van der Waals surface area contributed by atoms with Gasteiger partial charge in [0.1, 0.15) is 0 Å². The van der Waals surface area contributed by atoms with Gasteiger partial charge in [-0.05, 0) is 12.5 Å². The zero-order valence-electron chi connectivity index (χ0n) is 8.61. The summed E-state index contributed by atoms with van der Waals surface area (Å²) in [6, 6.07) is 0. The summed E-state index contributed by atoms with van der Waals surface area (Å²) in [4.78, 5) is 8.23. The molecule has 2 rings (SSSR count). The second kappa shape index (κ2) is 3.58. The van der Waals surface area contributed by atoms with Gasteiger partial charge in [0.25, 0.3) is 0 Å². The Morgan fingerprint density at radius 1 is 1.33 bits per heavy atom. The Labute approximate surface area is 88.1 Å². The fraction of sp³-hybridized carbons (Fsp3) is 0.167. The van der Waals surface area contributed by atoms with Gasteiger partial charge in [-0.1, -0.05) is 5.92 Å². The van der Waals surface area contributed by atoms with Gasteiger partial charge < -0.3 is 4.74 Å². The summed E-state index contributed by atoms with van der Waals surface area (Å²) in [6.07, 6.45) is 10.7. The first-order valence-corrected chi connectivity index (χ1v) is 4.52. The minimum Gasteiger partial charge on any atom is -0.480 e. The lowest BCUT2D eigenvalue weighted by Gasteiger charge is -2.07. The number of nitrogens with zero attached hydrogens (tertiary/aromatic N) is 2. The van der Waals surface area contributed by atoms with Gasteiger partial charge in [-0.3, -0.25) is 4.98 Å². The molecule has 0 N–H and O–H groups in total. The van der Waals surface area contributed by atoms with E-state index in [0.29, 0.717) is 11.4 Å². The second-order valence-corrected chi connectivity index (χ2v) is 3.21. The predicted octanol–water partition coefficient (Wildman–Crippen LogP) is 1.93. The number of fused-ring (bicyclic) bond motifs is 1. The Bertz CT molecular complexity index is 555. The maximum atomic E-state index is 5.47. The molecule has 0 aliphatic rings. The Morgan fingerprint density at radius 3 is 2.80 bits per heavy atom. The number of pyridine rings is 2. The van der Waals surface area contributed by atoms with Crippen molar-refractivity contribution >= 4 is 10.8 Å². The van der Waals surface area contributed by atoms with Gasteiger partial charge in [-0.15, -0.1) is 6.42 Å². The molecule has 0 radical (unpaired) electrons. The third-order valence-corrected chi connectivity index (χ3v) is 2.29. The van der Waals surface area contributed by atoms with Crippen molar-refractivity contribution in [3.63, 3.8) is 0 Å². The average Bonchev–Trinajstić information content (AvgIpc) is 2.28. The number of hydrogen-bond donors (Lipinski definition) is 0. The van der Waals surface area contributed by atoms with Crippen molar-refractivity contribution in [2.75, 3.05) is 7.11 Å². The molecule has 0 spiro atoms. The molecule has 2 aromatic heterocycles. The van der Waals surface area contributed by atoms with Crippen molar-refractivity contribution in [3.05, 3.63) is 29.7 Å². The molecule has 15 heavy (non-hydrogen) atoms. The van der Waals surface area contributed by atoms with Crippen LogP contribution in [-0.2, 0) is 0 Å². The Hall–Kier alpha value is -2.08. The van der Waals surface area contributed by atoms with Crippen LogP contribution < -0.4 is 4.74 Å². The van der Waals surface area contributed by atoms with E-state index in [1.807, 2.05) is 6.92 Å². The summed E-state index contributed by atoms with van der Waals surface area (Å²) >= 11 is 0. The molecule has 0 saturated carbocycles.